The zero-order valence-electron chi connectivity index (χ0n) is 28.2. The highest BCUT2D eigenvalue weighted by Gasteiger charge is 2.50. The Morgan fingerprint density at radius 2 is 1.46 bits per heavy atom. The Kier molecular flexibility index (Phi) is 12.1. The number of amides is 4. The molecule has 46 heavy (non-hydrogen) atoms. The maximum atomic E-state index is 14.0. The molecule has 0 unspecified atom stereocenters. The highest BCUT2D eigenvalue weighted by Crippen LogP contribution is 2.40. The Bertz CT molecular complexity index is 1360. The van der Waals surface area contributed by atoms with Crippen LogP contribution in [0.5, 0.6) is 0 Å². The number of nitrogens with one attached hydrogen (secondary N) is 3. The van der Waals surface area contributed by atoms with Gasteiger partial charge in [0.1, 0.15) is 12.1 Å². The number of hydrogen-bond donors (Lipinski definition) is 5. The third kappa shape index (κ3) is 9.80. The zero-order chi connectivity index (χ0) is 34.4. The van der Waals surface area contributed by atoms with Crippen molar-refractivity contribution in [2.45, 2.75) is 96.9 Å². The number of nitrogens with zero attached hydrogens (tertiary/aromatic N) is 1. The van der Waals surface area contributed by atoms with Gasteiger partial charge in [0, 0.05) is 11.3 Å². The Morgan fingerprint density at radius 1 is 0.891 bits per heavy atom. The van der Waals surface area contributed by atoms with E-state index >= 15 is 0 Å². The largest absolute Gasteiger partial charge is 0.381 e. The standard InChI is InChI=1S/C35H50N4O6S/c1-33(2,3)20-36-31(44)28-35(7,8)46-21-39(28)32(45)26(41)24(19-22-15-11-9-12-16-22)37-30(43)27(34(4,5)6)38-29(42)25(40)23-17-13-10-14-18-23/h9-18,24-28,40-41H,19-21H2,1-8H3,(H,36,44)(H,37,43)(H,38,42)/t24-,25+,26-,27+,28+/m0/s1. The Labute approximate surface area is 277 Å². The third-order valence-electron chi connectivity index (χ3n) is 7.91. The number of carbonyl (C=O) groups excluding carboxylic acids is 4. The molecule has 10 nitrogen and oxygen atoms in total. The molecule has 0 bridgehead atoms. The molecule has 0 aliphatic carbocycles. The van der Waals surface area contributed by atoms with Crippen molar-refractivity contribution >= 4 is 35.4 Å². The van der Waals surface area contributed by atoms with E-state index in [0.29, 0.717) is 12.1 Å². The van der Waals surface area contributed by atoms with Crippen LogP contribution in [0.1, 0.15) is 72.6 Å². The van der Waals surface area contributed by atoms with Gasteiger partial charge in [-0.15, -0.1) is 11.8 Å². The Hall–Kier alpha value is -3.41. The van der Waals surface area contributed by atoms with E-state index in [-0.39, 0.29) is 23.6 Å². The molecule has 0 aromatic heterocycles. The van der Waals surface area contributed by atoms with Crippen LogP contribution in [0.3, 0.4) is 0 Å². The molecule has 1 heterocycles. The number of hydrogen-bond acceptors (Lipinski definition) is 7. The van der Waals surface area contributed by atoms with E-state index in [4.69, 9.17) is 0 Å². The van der Waals surface area contributed by atoms with Crippen molar-refractivity contribution in [1.82, 2.24) is 20.9 Å². The highest BCUT2D eigenvalue weighted by atomic mass is 32.2. The molecule has 1 fully saturated rings. The number of aliphatic hydroxyl groups excluding tert-OH is 2. The average Bonchev–Trinajstić information content (AvgIpc) is 3.31. The van der Waals surface area contributed by atoms with Crippen LogP contribution in [-0.2, 0) is 25.6 Å². The van der Waals surface area contributed by atoms with Gasteiger partial charge in [0.15, 0.2) is 12.2 Å². The fourth-order valence-electron chi connectivity index (χ4n) is 5.26. The summed E-state index contributed by atoms with van der Waals surface area (Å²) >= 11 is 1.44. The molecule has 4 amide bonds. The van der Waals surface area contributed by atoms with Gasteiger partial charge in [-0.3, -0.25) is 19.2 Å². The first-order valence-corrected chi connectivity index (χ1v) is 16.6. The average molecular weight is 655 g/mol. The van der Waals surface area contributed by atoms with Gasteiger partial charge in [-0.2, -0.15) is 0 Å². The topological polar surface area (TPSA) is 148 Å². The Balaban J connectivity index is 1.87. The minimum atomic E-state index is -1.69. The Morgan fingerprint density at radius 3 is 2.00 bits per heavy atom. The number of thioether (sulfide) groups is 1. The molecular formula is C35H50N4O6S. The first-order chi connectivity index (χ1) is 21.3. The first kappa shape index (κ1) is 37.1. The fourth-order valence-corrected chi connectivity index (χ4v) is 6.40. The maximum absolute atomic E-state index is 14.0. The second-order valence-electron chi connectivity index (χ2n) is 14.7. The zero-order valence-corrected chi connectivity index (χ0v) is 29.0. The van der Waals surface area contributed by atoms with Gasteiger partial charge in [-0.25, -0.2) is 0 Å². The van der Waals surface area contributed by atoms with Crippen LogP contribution in [-0.4, -0.2) is 80.1 Å². The van der Waals surface area contributed by atoms with Crippen LogP contribution < -0.4 is 16.0 Å². The molecule has 0 radical (unpaired) electrons. The lowest BCUT2D eigenvalue weighted by Gasteiger charge is -2.35. The summed E-state index contributed by atoms with van der Waals surface area (Å²) in [6, 6.07) is 14.5. The molecule has 2 aromatic rings. The number of rotatable bonds is 11. The van der Waals surface area contributed by atoms with Gasteiger partial charge in [0.2, 0.25) is 11.8 Å². The molecule has 0 spiro atoms. The van der Waals surface area contributed by atoms with Crippen LogP contribution in [0, 0.1) is 10.8 Å². The minimum Gasteiger partial charge on any atom is -0.381 e. The fraction of sp³-hybridized carbons (Fsp3) is 0.543. The van der Waals surface area contributed by atoms with Gasteiger partial charge in [0.05, 0.1) is 11.9 Å². The molecule has 11 heteroatoms. The molecule has 0 saturated carbocycles. The summed E-state index contributed by atoms with van der Waals surface area (Å²) in [5.41, 5.74) is 0.185. The minimum absolute atomic E-state index is 0.113. The van der Waals surface area contributed by atoms with Gasteiger partial charge in [-0.1, -0.05) is 102 Å². The molecule has 5 N–H and O–H groups in total. The number of carbonyl (C=O) groups is 4. The maximum Gasteiger partial charge on any atom is 0.254 e. The van der Waals surface area contributed by atoms with E-state index < -0.39 is 58.2 Å². The van der Waals surface area contributed by atoms with Gasteiger partial charge >= 0.3 is 0 Å². The monoisotopic (exact) mass is 654 g/mol. The van der Waals surface area contributed by atoms with Crippen LogP contribution >= 0.6 is 11.8 Å². The van der Waals surface area contributed by atoms with Crippen LogP contribution in [0.4, 0.5) is 0 Å². The van der Waals surface area contributed by atoms with E-state index in [9.17, 15) is 29.4 Å². The van der Waals surface area contributed by atoms with Gasteiger partial charge in [0.25, 0.3) is 11.8 Å². The summed E-state index contributed by atoms with van der Waals surface area (Å²) in [7, 11) is 0. The van der Waals surface area contributed by atoms with E-state index in [1.54, 1.807) is 51.1 Å². The molecule has 5 atom stereocenters. The molecular weight excluding hydrogens is 604 g/mol. The van der Waals surface area contributed by atoms with Crippen molar-refractivity contribution in [2.24, 2.45) is 10.8 Å². The predicted molar refractivity (Wildman–Crippen MR) is 181 cm³/mol. The number of benzene rings is 2. The van der Waals surface area contributed by atoms with Crippen molar-refractivity contribution in [3.63, 3.8) is 0 Å². The molecule has 1 saturated heterocycles. The SMILES string of the molecule is CC(C)(C)CNC(=O)[C@H]1N(C(=O)[C@@H](O)[C@H](Cc2ccccc2)NC(=O)[C@@H](NC(=O)[C@H](O)c2ccccc2)C(C)(C)C)CSC1(C)C. The van der Waals surface area contributed by atoms with E-state index in [0.717, 1.165) is 5.56 Å². The van der Waals surface area contributed by atoms with Crippen LogP contribution in [0.15, 0.2) is 60.7 Å². The summed E-state index contributed by atoms with van der Waals surface area (Å²) in [6.07, 6.45) is -3.08. The highest BCUT2D eigenvalue weighted by molar-refractivity contribution is 8.00. The molecule has 1 aliphatic heterocycles. The predicted octanol–water partition coefficient (Wildman–Crippen LogP) is 3.18. The molecule has 3 rings (SSSR count). The van der Waals surface area contributed by atoms with Crippen LogP contribution in [0.25, 0.3) is 0 Å². The van der Waals surface area contributed by atoms with E-state index in [1.165, 1.54) is 16.7 Å². The molecule has 1 aliphatic rings. The van der Waals surface area contributed by atoms with Crippen molar-refractivity contribution in [3.8, 4) is 0 Å². The van der Waals surface area contributed by atoms with E-state index in [2.05, 4.69) is 16.0 Å². The molecule has 2 aromatic carbocycles. The lowest BCUT2D eigenvalue weighted by Crippen LogP contribution is -2.61. The summed E-state index contributed by atoms with van der Waals surface area (Å²) in [4.78, 5) is 55.7. The third-order valence-corrected chi connectivity index (χ3v) is 9.28. The van der Waals surface area contributed by atoms with Crippen molar-refractivity contribution in [1.29, 1.82) is 0 Å². The summed E-state index contributed by atoms with van der Waals surface area (Å²) < 4.78 is -0.614. The lowest BCUT2D eigenvalue weighted by molar-refractivity contribution is -0.148. The summed E-state index contributed by atoms with van der Waals surface area (Å²) in [5.74, 6) is -2.16. The van der Waals surface area contributed by atoms with Crippen molar-refractivity contribution in [3.05, 3.63) is 71.8 Å². The molecule has 252 valence electrons. The van der Waals surface area contributed by atoms with Crippen molar-refractivity contribution in [2.75, 3.05) is 12.4 Å². The quantitative estimate of drug-likeness (QED) is 0.250. The van der Waals surface area contributed by atoms with E-state index in [1.807, 2.05) is 65.0 Å². The smallest absolute Gasteiger partial charge is 0.254 e. The second kappa shape index (κ2) is 15.0. The summed E-state index contributed by atoms with van der Waals surface area (Å²) in [6.45, 7) is 15.5. The first-order valence-electron chi connectivity index (χ1n) is 15.6. The number of aliphatic hydroxyl groups is 2. The van der Waals surface area contributed by atoms with Gasteiger partial charge < -0.3 is 31.1 Å². The van der Waals surface area contributed by atoms with Crippen LogP contribution in [0.2, 0.25) is 0 Å². The second-order valence-corrected chi connectivity index (χ2v) is 16.3. The van der Waals surface area contributed by atoms with Gasteiger partial charge in [-0.05, 0) is 42.2 Å². The lowest BCUT2D eigenvalue weighted by atomic mass is 9.85. The summed E-state index contributed by atoms with van der Waals surface area (Å²) in [5, 5.41) is 30.7. The van der Waals surface area contributed by atoms with Crippen molar-refractivity contribution < 1.29 is 29.4 Å². The normalized spacial score (nSPS) is 19.0.